The third kappa shape index (κ3) is 3.94. The molecular weight excluding hydrogens is 282 g/mol. The SMILES string of the molecule is CC(CS(=O)(=O)N1CCCC(Cl)C1)c1ccccc1. The fourth-order valence-corrected chi connectivity index (χ4v) is 4.70. The van der Waals surface area contributed by atoms with Gasteiger partial charge >= 0.3 is 0 Å². The summed E-state index contributed by atoms with van der Waals surface area (Å²) in [6.45, 7) is 3.01. The molecule has 0 bridgehead atoms. The Morgan fingerprint density at radius 2 is 2.05 bits per heavy atom. The van der Waals surface area contributed by atoms with Crippen molar-refractivity contribution in [1.29, 1.82) is 0 Å². The van der Waals surface area contributed by atoms with Crippen molar-refractivity contribution >= 4 is 21.6 Å². The number of hydrogen-bond acceptors (Lipinski definition) is 2. The van der Waals surface area contributed by atoms with E-state index < -0.39 is 10.0 Å². The van der Waals surface area contributed by atoms with E-state index in [2.05, 4.69) is 0 Å². The van der Waals surface area contributed by atoms with Gasteiger partial charge in [0.15, 0.2) is 0 Å². The number of piperidine rings is 1. The van der Waals surface area contributed by atoms with Gasteiger partial charge in [-0.25, -0.2) is 12.7 Å². The predicted molar refractivity (Wildman–Crippen MR) is 79.1 cm³/mol. The van der Waals surface area contributed by atoms with E-state index in [1.54, 1.807) is 4.31 Å². The highest BCUT2D eigenvalue weighted by molar-refractivity contribution is 7.89. The zero-order valence-corrected chi connectivity index (χ0v) is 12.7. The fourth-order valence-electron chi connectivity index (χ4n) is 2.44. The van der Waals surface area contributed by atoms with Crippen molar-refractivity contribution in [2.24, 2.45) is 0 Å². The highest BCUT2D eigenvalue weighted by Gasteiger charge is 2.29. The maximum absolute atomic E-state index is 12.4. The Morgan fingerprint density at radius 3 is 2.68 bits per heavy atom. The van der Waals surface area contributed by atoms with Gasteiger partial charge in [-0.05, 0) is 24.3 Å². The zero-order chi connectivity index (χ0) is 13.9. The van der Waals surface area contributed by atoms with Crippen LogP contribution in [0.5, 0.6) is 0 Å². The number of benzene rings is 1. The van der Waals surface area contributed by atoms with E-state index in [1.165, 1.54) is 0 Å². The lowest BCUT2D eigenvalue weighted by atomic mass is 10.0. The Hall–Kier alpha value is -0.580. The van der Waals surface area contributed by atoms with Gasteiger partial charge in [-0.2, -0.15) is 0 Å². The lowest BCUT2D eigenvalue weighted by Crippen LogP contribution is -2.42. The second kappa shape index (κ2) is 6.25. The minimum Gasteiger partial charge on any atom is -0.212 e. The monoisotopic (exact) mass is 301 g/mol. The average Bonchev–Trinajstić information content (AvgIpc) is 2.39. The topological polar surface area (TPSA) is 37.4 Å². The summed E-state index contributed by atoms with van der Waals surface area (Å²) in [5, 5.41) is -0.0458. The Balaban J connectivity index is 2.04. The van der Waals surface area contributed by atoms with Crippen molar-refractivity contribution in [2.75, 3.05) is 18.8 Å². The van der Waals surface area contributed by atoms with Crippen LogP contribution in [0.2, 0.25) is 0 Å². The molecule has 3 nitrogen and oxygen atoms in total. The second-order valence-electron chi connectivity index (χ2n) is 5.19. The molecule has 0 aliphatic carbocycles. The molecule has 0 aromatic heterocycles. The summed E-state index contributed by atoms with van der Waals surface area (Å²) in [6.07, 6.45) is 1.76. The average molecular weight is 302 g/mol. The summed E-state index contributed by atoms with van der Waals surface area (Å²) >= 11 is 6.06. The number of hydrogen-bond donors (Lipinski definition) is 0. The molecule has 2 rings (SSSR count). The van der Waals surface area contributed by atoms with Crippen LogP contribution < -0.4 is 0 Å². The van der Waals surface area contributed by atoms with E-state index in [-0.39, 0.29) is 17.0 Å². The van der Waals surface area contributed by atoms with Crippen LogP contribution in [-0.4, -0.2) is 36.9 Å². The van der Waals surface area contributed by atoms with Crippen LogP contribution in [0, 0.1) is 0 Å². The molecule has 19 heavy (non-hydrogen) atoms. The molecule has 1 aromatic carbocycles. The summed E-state index contributed by atoms with van der Waals surface area (Å²) in [5.74, 6) is 0.155. The smallest absolute Gasteiger partial charge is 0.212 e. The molecule has 0 radical (unpaired) electrons. The lowest BCUT2D eigenvalue weighted by Gasteiger charge is -2.29. The standard InChI is InChI=1S/C14H20ClNO2S/c1-12(13-6-3-2-4-7-13)11-19(17,18)16-9-5-8-14(15)10-16/h2-4,6-7,12,14H,5,8-11H2,1H3. The molecule has 1 aliphatic rings. The highest BCUT2D eigenvalue weighted by atomic mass is 35.5. The summed E-state index contributed by atoms with van der Waals surface area (Å²) in [7, 11) is -3.21. The maximum Gasteiger partial charge on any atom is 0.214 e. The van der Waals surface area contributed by atoms with Crippen LogP contribution >= 0.6 is 11.6 Å². The van der Waals surface area contributed by atoms with Gasteiger partial charge in [-0.1, -0.05) is 37.3 Å². The minimum atomic E-state index is -3.21. The normalized spacial score (nSPS) is 23.2. The van der Waals surface area contributed by atoms with Gasteiger partial charge in [-0.15, -0.1) is 11.6 Å². The van der Waals surface area contributed by atoms with Crippen molar-refractivity contribution in [2.45, 2.75) is 31.1 Å². The van der Waals surface area contributed by atoms with Crippen molar-refractivity contribution in [1.82, 2.24) is 4.31 Å². The molecule has 1 fully saturated rings. The van der Waals surface area contributed by atoms with Gasteiger partial charge < -0.3 is 0 Å². The number of rotatable bonds is 4. The van der Waals surface area contributed by atoms with Crippen molar-refractivity contribution < 1.29 is 8.42 Å². The summed E-state index contributed by atoms with van der Waals surface area (Å²) in [5.41, 5.74) is 1.06. The van der Waals surface area contributed by atoms with Crippen LogP contribution in [0.15, 0.2) is 30.3 Å². The number of alkyl halides is 1. The van der Waals surface area contributed by atoms with Crippen LogP contribution in [-0.2, 0) is 10.0 Å². The first-order chi connectivity index (χ1) is 8.99. The Bertz CT molecular complexity index is 503. The quantitative estimate of drug-likeness (QED) is 0.802. The lowest BCUT2D eigenvalue weighted by molar-refractivity contribution is 0.349. The molecule has 0 N–H and O–H groups in total. The van der Waals surface area contributed by atoms with E-state index in [4.69, 9.17) is 11.6 Å². The molecule has 1 heterocycles. The van der Waals surface area contributed by atoms with Crippen LogP contribution in [0.1, 0.15) is 31.2 Å². The van der Waals surface area contributed by atoms with E-state index in [0.29, 0.717) is 13.1 Å². The van der Waals surface area contributed by atoms with Crippen LogP contribution in [0.3, 0.4) is 0 Å². The number of sulfonamides is 1. The van der Waals surface area contributed by atoms with Crippen LogP contribution in [0.25, 0.3) is 0 Å². The molecule has 1 aromatic rings. The fraction of sp³-hybridized carbons (Fsp3) is 0.571. The first-order valence-corrected chi connectivity index (χ1v) is 8.70. The Labute approximate surface area is 120 Å². The maximum atomic E-state index is 12.4. The Morgan fingerprint density at radius 1 is 1.37 bits per heavy atom. The molecule has 2 unspecified atom stereocenters. The molecule has 0 spiro atoms. The number of halogens is 1. The van der Waals surface area contributed by atoms with Crippen molar-refractivity contribution in [3.05, 3.63) is 35.9 Å². The molecule has 0 amide bonds. The van der Waals surface area contributed by atoms with Gasteiger partial charge in [0.25, 0.3) is 0 Å². The molecule has 2 atom stereocenters. The van der Waals surface area contributed by atoms with Gasteiger partial charge in [0.2, 0.25) is 10.0 Å². The van der Waals surface area contributed by atoms with Gasteiger partial charge in [0.1, 0.15) is 0 Å². The molecule has 5 heteroatoms. The van der Waals surface area contributed by atoms with Crippen molar-refractivity contribution in [3.8, 4) is 0 Å². The third-order valence-corrected chi connectivity index (χ3v) is 5.95. The van der Waals surface area contributed by atoms with E-state index in [0.717, 1.165) is 18.4 Å². The Kier molecular flexibility index (Phi) is 4.87. The van der Waals surface area contributed by atoms with Gasteiger partial charge in [0.05, 0.1) is 5.75 Å². The largest absolute Gasteiger partial charge is 0.214 e. The first-order valence-electron chi connectivity index (χ1n) is 6.66. The third-order valence-electron chi connectivity index (χ3n) is 3.55. The molecular formula is C14H20ClNO2S. The zero-order valence-electron chi connectivity index (χ0n) is 11.1. The van der Waals surface area contributed by atoms with E-state index >= 15 is 0 Å². The van der Waals surface area contributed by atoms with Crippen molar-refractivity contribution in [3.63, 3.8) is 0 Å². The first kappa shape index (κ1) is 14.8. The highest BCUT2D eigenvalue weighted by Crippen LogP contribution is 2.22. The number of nitrogens with zero attached hydrogens (tertiary/aromatic N) is 1. The summed E-state index contributed by atoms with van der Waals surface area (Å²) in [4.78, 5) is 0. The molecule has 106 valence electrons. The van der Waals surface area contributed by atoms with E-state index in [9.17, 15) is 8.42 Å². The second-order valence-corrected chi connectivity index (χ2v) is 7.82. The van der Waals surface area contributed by atoms with Gasteiger partial charge in [-0.3, -0.25) is 0 Å². The molecule has 0 saturated carbocycles. The summed E-state index contributed by atoms with van der Waals surface area (Å²) in [6, 6.07) is 9.76. The van der Waals surface area contributed by atoms with Crippen LogP contribution in [0.4, 0.5) is 0 Å². The summed E-state index contributed by atoms with van der Waals surface area (Å²) < 4.78 is 26.3. The van der Waals surface area contributed by atoms with E-state index in [1.807, 2.05) is 37.3 Å². The minimum absolute atomic E-state index is 0.00176. The van der Waals surface area contributed by atoms with Gasteiger partial charge in [0, 0.05) is 18.5 Å². The molecule has 1 aliphatic heterocycles. The molecule has 1 saturated heterocycles. The predicted octanol–water partition coefficient (Wildman–Crippen LogP) is 2.82.